The summed E-state index contributed by atoms with van der Waals surface area (Å²) in [6.45, 7) is 0.377. The molecule has 8 aliphatic rings. The van der Waals surface area contributed by atoms with Gasteiger partial charge in [-0.05, 0) is 69.1 Å². The smallest absolute Gasteiger partial charge is 0.267 e. The lowest BCUT2D eigenvalue weighted by molar-refractivity contribution is 0.0988. The van der Waals surface area contributed by atoms with Gasteiger partial charge in [-0.3, -0.25) is 4.18 Å². The van der Waals surface area contributed by atoms with Gasteiger partial charge in [0.25, 0.3) is 10.1 Å². The maximum atomic E-state index is 11.5. The van der Waals surface area contributed by atoms with E-state index in [1.165, 1.54) is 12.8 Å². The number of rotatable bonds is 0. The molecule has 0 aromatic carbocycles. The van der Waals surface area contributed by atoms with Gasteiger partial charge in [0, 0.05) is 5.92 Å². The Morgan fingerprint density at radius 1 is 0.611 bits per heavy atom. The predicted molar refractivity (Wildman–Crippen MR) is 133 cm³/mol. The molecule has 0 radical (unpaired) electrons. The van der Waals surface area contributed by atoms with E-state index in [2.05, 4.69) is 4.18 Å². The molecule has 6 aliphatic heterocycles. The molecule has 2 aliphatic carbocycles. The molecule has 0 amide bonds. The van der Waals surface area contributed by atoms with Crippen molar-refractivity contribution in [3.63, 3.8) is 0 Å². The summed E-state index contributed by atoms with van der Waals surface area (Å²) in [5.41, 5.74) is 0. The van der Waals surface area contributed by atoms with Crippen molar-refractivity contribution < 1.29 is 42.6 Å². The summed E-state index contributed by atoms with van der Waals surface area (Å²) >= 11 is 0. The van der Waals surface area contributed by atoms with E-state index < -0.39 is 39.6 Å². The van der Waals surface area contributed by atoms with Crippen LogP contribution in [0.25, 0.3) is 0 Å². The Hall–Kier alpha value is -0.280. The van der Waals surface area contributed by atoms with Crippen molar-refractivity contribution in [2.75, 3.05) is 35.4 Å². The second kappa shape index (κ2) is 9.72. The monoisotopic (exact) mass is 588 g/mol. The minimum Gasteiger partial charge on any atom is -0.373 e. The summed E-state index contributed by atoms with van der Waals surface area (Å²) < 4.78 is 96.9. The van der Waals surface area contributed by atoms with Gasteiger partial charge in [-0.1, -0.05) is 0 Å². The van der Waals surface area contributed by atoms with E-state index in [0.717, 1.165) is 38.0 Å². The molecule has 10 nitrogen and oxygen atoms in total. The molecule has 8 rings (SSSR count). The number of fused-ring (bicyclic) bond motifs is 2. The molecule has 6 saturated heterocycles. The largest absolute Gasteiger partial charge is 0.373 e. The van der Waals surface area contributed by atoms with Gasteiger partial charge in [-0.15, -0.1) is 0 Å². The third kappa shape index (κ3) is 5.68. The average Bonchev–Trinajstić information content (AvgIpc) is 3.58. The molecule has 8 fully saturated rings. The van der Waals surface area contributed by atoms with Gasteiger partial charge in [0.2, 0.25) is 0 Å². The highest BCUT2D eigenvalue weighted by Gasteiger charge is 2.59. The Balaban J connectivity index is 0.000000102. The van der Waals surface area contributed by atoms with Crippen molar-refractivity contribution in [2.45, 2.75) is 74.1 Å². The van der Waals surface area contributed by atoms with Gasteiger partial charge in [0.1, 0.15) is 9.84 Å². The van der Waals surface area contributed by atoms with Gasteiger partial charge in [0.05, 0.1) is 58.1 Å². The molecule has 8 atom stereocenters. The molecule has 2 saturated carbocycles. The van der Waals surface area contributed by atoms with Crippen molar-refractivity contribution in [2.24, 2.45) is 23.7 Å². The molecule has 0 aromatic rings. The van der Waals surface area contributed by atoms with E-state index in [4.69, 9.17) is 4.74 Å². The molecular formula is C22H36O10S4. The van der Waals surface area contributed by atoms with E-state index in [9.17, 15) is 33.7 Å². The highest BCUT2D eigenvalue weighted by molar-refractivity contribution is 7.92. The first-order valence-corrected chi connectivity index (χ1v) is 19.7. The predicted octanol–water partition coefficient (Wildman–Crippen LogP) is 0.722. The fourth-order valence-electron chi connectivity index (χ4n) is 7.41. The fourth-order valence-corrected chi connectivity index (χ4v) is 14.9. The van der Waals surface area contributed by atoms with Crippen LogP contribution in [0.15, 0.2) is 0 Å². The van der Waals surface area contributed by atoms with Crippen molar-refractivity contribution in [1.82, 2.24) is 0 Å². The number of ether oxygens (including phenoxy) is 1. The Kier molecular flexibility index (Phi) is 7.37. The van der Waals surface area contributed by atoms with Crippen LogP contribution in [0, 0.1) is 23.7 Å². The summed E-state index contributed by atoms with van der Waals surface area (Å²) in [6, 6.07) is 0. The Labute approximate surface area is 214 Å². The summed E-state index contributed by atoms with van der Waals surface area (Å²) in [6.07, 6.45) is 7.92. The molecule has 8 unspecified atom stereocenters. The van der Waals surface area contributed by atoms with Crippen LogP contribution in [0.4, 0.5) is 0 Å². The molecule has 4 bridgehead atoms. The Morgan fingerprint density at radius 3 is 1.67 bits per heavy atom. The second-order valence-corrected chi connectivity index (χ2v) is 20.1. The van der Waals surface area contributed by atoms with Crippen LogP contribution < -0.4 is 0 Å². The molecule has 0 spiro atoms. The van der Waals surface area contributed by atoms with Crippen LogP contribution in [0.1, 0.15) is 51.4 Å². The maximum Gasteiger partial charge on any atom is 0.267 e. The third-order valence-corrected chi connectivity index (χ3v) is 16.7. The Morgan fingerprint density at radius 2 is 1.28 bits per heavy atom. The van der Waals surface area contributed by atoms with Crippen LogP contribution in [-0.2, 0) is 48.5 Å². The van der Waals surface area contributed by atoms with E-state index in [0.29, 0.717) is 53.8 Å². The molecular weight excluding hydrogens is 553 g/mol. The lowest BCUT2D eigenvalue weighted by atomic mass is 9.91. The molecule has 0 N–H and O–H groups in total. The Bertz CT molecular complexity index is 1140. The lowest BCUT2D eigenvalue weighted by Gasteiger charge is -2.14. The molecule has 6 heterocycles. The van der Waals surface area contributed by atoms with E-state index in [1.807, 2.05) is 0 Å². The van der Waals surface area contributed by atoms with E-state index >= 15 is 0 Å². The molecule has 36 heavy (non-hydrogen) atoms. The summed E-state index contributed by atoms with van der Waals surface area (Å²) in [5, 5.41) is -0.0440. The highest BCUT2D eigenvalue weighted by Crippen LogP contribution is 2.56. The fraction of sp³-hybridized carbons (Fsp3) is 1.00. The average molecular weight is 589 g/mol. The minimum absolute atomic E-state index is 0.0741. The van der Waals surface area contributed by atoms with Crippen molar-refractivity contribution >= 4 is 39.6 Å². The maximum absolute atomic E-state index is 11.5. The van der Waals surface area contributed by atoms with Crippen LogP contribution in [0.3, 0.4) is 0 Å². The van der Waals surface area contributed by atoms with Gasteiger partial charge < -0.3 is 4.74 Å². The van der Waals surface area contributed by atoms with Crippen LogP contribution >= 0.6 is 0 Å². The first-order chi connectivity index (χ1) is 16.7. The van der Waals surface area contributed by atoms with E-state index in [-0.39, 0.29) is 28.5 Å². The summed E-state index contributed by atoms with van der Waals surface area (Å²) in [5.74, 6) is 4.19. The SMILES string of the molecule is O=S1(=O)CC2CC3CC1C2O3.O=S1(=O)CC2CC3CC2C1C3.O=S1(=O)CCCC1.O=S1(=O)CCCO1. The van der Waals surface area contributed by atoms with Gasteiger partial charge in [-0.2, -0.15) is 8.42 Å². The second-order valence-electron chi connectivity index (χ2n) is 11.5. The van der Waals surface area contributed by atoms with Crippen molar-refractivity contribution in [1.29, 1.82) is 0 Å². The highest BCUT2D eigenvalue weighted by atomic mass is 32.2. The zero-order valence-electron chi connectivity index (χ0n) is 20.2. The lowest BCUT2D eigenvalue weighted by Crippen LogP contribution is -2.24. The molecule has 0 aromatic heterocycles. The van der Waals surface area contributed by atoms with Gasteiger partial charge >= 0.3 is 0 Å². The van der Waals surface area contributed by atoms with Gasteiger partial charge in [-0.25, -0.2) is 25.3 Å². The number of hydrogen-bond donors (Lipinski definition) is 0. The third-order valence-electron chi connectivity index (χ3n) is 8.91. The first-order valence-electron chi connectivity index (χ1n) is 12.9. The van der Waals surface area contributed by atoms with Crippen LogP contribution in [-0.4, -0.2) is 91.8 Å². The van der Waals surface area contributed by atoms with E-state index in [1.54, 1.807) is 0 Å². The topological polar surface area (TPSA) is 155 Å². The van der Waals surface area contributed by atoms with Crippen molar-refractivity contribution in [3.8, 4) is 0 Å². The minimum atomic E-state index is -3.05. The zero-order valence-corrected chi connectivity index (χ0v) is 23.5. The van der Waals surface area contributed by atoms with Crippen LogP contribution in [0.5, 0.6) is 0 Å². The summed E-state index contributed by atoms with van der Waals surface area (Å²) in [7, 11) is -11.0. The summed E-state index contributed by atoms with van der Waals surface area (Å²) in [4.78, 5) is 0. The van der Waals surface area contributed by atoms with Gasteiger partial charge in [0.15, 0.2) is 19.7 Å². The number of hydrogen-bond acceptors (Lipinski definition) is 10. The zero-order chi connectivity index (χ0) is 25.9. The van der Waals surface area contributed by atoms with Crippen molar-refractivity contribution in [3.05, 3.63) is 0 Å². The number of sulfone groups is 3. The standard InChI is InChI=1S/C8H12O2S.C7H10O3S.C4H8O2S.C3H6O3S/c9-11(10)4-6-1-5-2-7(6)8(11)3-5;8-11(9)3-4-1-5-2-6(11)7(4)10-5;5-7(6)3-1-2-4-7;4-7(5)3-1-2-6-7/h5-8H,1-4H2;4-7H,1-3H2;1-4H2;1-3H2. The normalized spacial score (nSPS) is 45.8. The first kappa shape index (κ1) is 27.3. The molecule has 14 heteroatoms. The quantitative estimate of drug-likeness (QED) is 0.370. The van der Waals surface area contributed by atoms with Crippen LogP contribution in [0.2, 0.25) is 0 Å². The molecule has 208 valence electrons.